The van der Waals surface area contributed by atoms with Gasteiger partial charge in [-0.2, -0.15) is 4.31 Å². The van der Waals surface area contributed by atoms with Crippen LogP contribution in [0.4, 0.5) is 11.4 Å². The number of sulfonamides is 1. The number of piperazine rings is 1. The molecule has 22 heavy (non-hydrogen) atoms. The molecule has 0 aliphatic carbocycles. The Morgan fingerprint density at radius 3 is 2.32 bits per heavy atom. The van der Waals surface area contributed by atoms with E-state index in [1.807, 2.05) is 30.3 Å². The summed E-state index contributed by atoms with van der Waals surface area (Å²) in [6.45, 7) is 2.23. The molecular formula is C15H18N4O2S. The molecule has 0 amide bonds. The quantitative estimate of drug-likeness (QED) is 0.919. The Balaban J connectivity index is 1.73. The number of nitrogens with two attached hydrogens (primary N) is 1. The fourth-order valence-corrected chi connectivity index (χ4v) is 3.97. The predicted molar refractivity (Wildman–Crippen MR) is 86.1 cm³/mol. The third-order valence-corrected chi connectivity index (χ3v) is 5.60. The molecule has 1 aliphatic rings. The van der Waals surface area contributed by atoms with Crippen molar-refractivity contribution in [1.29, 1.82) is 0 Å². The zero-order valence-electron chi connectivity index (χ0n) is 12.1. The van der Waals surface area contributed by atoms with Gasteiger partial charge in [0.05, 0.1) is 5.69 Å². The summed E-state index contributed by atoms with van der Waals surface area (Å²) in [4.78, 5) is 6.20. The van der Waals surface area contributed by atoms with Crippen molar-refractivity contribution in [3.8, 4) is 0 Å². The fraction of sp³-hybridized carbons (Fsp3) is 0.267. The first-order chi connectivity index (χ1) is 10.6. The first-order valence-corrected chi connectivity index (χ1v) is 8.52. The van der Waals surface area contributed by atoms with Gasteiger partial charge in [0.1, 0.15) is 4.90 Å². The zero-order valence-corrected chi connectivity index (χ0v) is 12.9. The van der Waals surface area contributed by atoms with Gasteiger partial charge in [-0.25, -0.2) is 8.42 Å². The first kappa shape index (κ1) is 14.8. The maximum Gasteiger partial charge on any atom is 0.244 e. The van der Waals surface area contributed by atoms with E-state index in [1.54, 1.807) is 0 Å². The number of hydrogen-bond donors (Lipinski definition) is 1. The second-order valence-electron chi connectivity index (χ2n) is 5.18. The van der Waals surface area contributed by atoms with Crippen LogP contribution in [0.5, 0.6) is 0 Å². The van der Waals surface area contributed by atoms with Crippen molar-refractivity contribution in [2.75, 3.05) is 36.8 Å². The highest BCUT2D eigenvalue weighted by atomic mass is 32.2. The maximum absolute atomic E-state index is 12.6. The molecule has 7 heteroatoms. The molecule has 0 unspecified atom stereocenters. The molecule has 3 rings (SSSR count). The van der Waals surface area contributed by atoms with Crippen LogP contribution in [0, 0.1) is 0 Å². The lowest BCUT2D eigenvalue weighted by molar-refractivity contribution is 0.385. The smallest absolute Gasteiger partial charge is 0.244 e. The van der Waals surface area contributed by atoms with E-state index in [9.17, 15) is 8.42 Å². The molecule has 0 bridgehead atoms. The lowest BCUT2D eigenvalue weighted by Crippen LogP contribution is -2.48. The van der Waals surface area contributed by atoms with Gasteiger partial charge >= 0.3 is 0 Å². The highest BCUT2D eigenvalue weighted by Gasteiger charge is 2.28. The van der Waals surface area contributed by atoms with Crippen molar-refractivity contribution < 1.29 is 8.42 Å². The third kappa shape index (κ3) is 2.90. The van der Waals surface area contributed by atoms with E-state index in [0.29, 0.717) is 31.9 Å². The number of nitrogens with zero attached hydrogens (tertiary/aromatic N) is 3. The first-order valence-electron chi connectivity index (χ1n) is 7.08. The van der Waals surface area contributed by atoms with Crippen LogP contribution < -0.4 is 10.6 Å². The second kappa shape index (κ2) is 5.94. The van der Waals surface area contributed by atoms with Crippen molar-refractivity contribution in [3.63, 3.8) is 0 Å². The number of rotatable bonds is 3. The Morgan fingerprint density at radius 2 is 1.68 bits per heavy atom. The van der Waals surface area contributed by atoms with E-state index in [0.717, 1.165) is 5.69 Å². The van der Waals surface area contributed by atoms with Crippen molar-refractivity contribution in [3.05, 3.63) is 48.8 Å². The molecule has 0 radical (unpaired) electrons. The number of aromatic nitrogens is 1. The molecule has 0 atom stereocenters. The molecule has 2 N–H and O–H groups in total. The predicted octanol–water partition coefficient (Wildman–Crippen LogP) is 1.17. The van der Waals surface area contributed by atoms with Crippen LogP contribution in [0.1, 0.15) is 0 Å². The molecule has 1 aromatic carbocycles. The van der Waals surface area contributed by atoms with Crippen LogP contribution in [0.2, 0.25) is 0 Å². The third-order valence-electron chi connectivity index (χ3n) is 3.73. The molecule has 6 nitrogen and oxygen atoms in total. The molecule has 2 aromatic rings. The average Bonchev–Trinajstić information content (AvgIpc) is 2.56. The van der Waals surface area contributed by atoms with Crippen LogP contribution in [0.3, 0.4) is 0 Å². The van der Waals surface area contributed by atoms with Crippen LogP contribution in [0.15, 0.2) is 53.7 Å². The Hall–Kier alpha value is -2.12. The van der Waals surface area contributed by atoms with Crippen molar-refractivity contribution in [2.24, 2.45) is 0 Å². The van der Waals surface area contributed by atoms with Crippen LogP contribution in [-0.2, 0) is 10.0 Å². The van der Waals surface area contributed by atoms with Gasteiger partial charge in [0.15, 0.2) is 0 Å². The molecule has 1 saturated heterocycles. The maximum atomic E-state index is 12.6. The van der Waals surface area contributed by atoms with Gasteiger partial charge in [-0.05, 0) is 18.2 Å². The second-order valence-corrected chi connectivity index (χ2v) is 7.12. The zero-order chi connectivity index (χ0) is 15.6. The Bertz CT molecular complexity index is 741. The van der Waals surface area contributed by atoms with Crippen molar-refractivity contribution in [1.82, 2.24) is 9.29 Å². The lowest BCUT2D eigenvalue weighted by atomic mass is 10.2. The Labute approximate surface area is 130 Å². The summed E-state index contributed by atoms with van der Waals surface area (Å²) in [5.41, 5.74) is 7.10. The van der Waals surface area contributed by atoms with Gasteiger partial charge in [0, 0.05) is 44.3 Å². The minimum Gasteiger partial charge on any atom is -0.397 e. The van der Waals surface area contributed by atoms with E-state index >= 15 is 0 Å². The molecule has 0 spiro atoms. The number of benzene rings is 1. The number of hydrogen-bond acceptors (Lipinski definition) is 5. The normalized spacial score (nSPS) is 16.6. The molecule has 1 aromatic heterocycles. The van der Waals surface area contributed by atoms with E-state index in [1.165, 1.54) is 22.8 Å². The van der Waals surface area contributed by atoms with Crippen LogP contribution in [0.25, 0.3) is 0 Å². The monoisotopic (exact) mass is 318 g/mol. The Morgan fingerprint density at radius 1 is 1.00 bits per heavy atom. The molecular weight excluding hydrogens is 300 g/mol. The minimum atomic E-state index is -3.53. The van der Waals surface area contributed by atoms with Gasteiger partial charge in [-0.3, -0.25) is 4.98 Å². The number of pyridine rings is 1. The van der Waals surface area contributed by atoms with Crippen molar-refractivity contribution >= 4 is 21.4 Å². The Kier molecular flexibility index (Phi) is 4.00. The lowest BCUT2D eigenvalue weighted by Gasteiger charge is -2.35. The largest absolute Gasteiger partial charge is 0.397 e. The summed E-state index contributed by atoms with van der Waals surface area (Å²) in [5.74, 6) is 0. The van der Waals surface area contributed by atoms with Gasteiger partial charge in [-0.15, -0.1) is 0 Å². The molecule has 2 heterocycles. The summed E-state index contributed by atoms with van der Waals surface area (Å²) >= 11 is 0. The van der Waals surface area contributed by atoms with Gasteiger partial charge < -0.3 is 10.6 Å². The number of para-hydroxylation sites is 1. The van der Waals surface area contributed by atoms with E-state index in [2.05, 4.69) is 9.88 Å². The highest BCUT2D eigenvalue weighted by Crippen LogP contribution is 2.21. The van der Waals surface area contributed by atoms with Crippen LogP contribution >= 0.6 is 0 Å². The van der Waals surface area contributed by atoms with E-state index in [4.69, 9.17) is 5.73 Å². The van der Waals surface area contributed by atoms with E-state index in [-0.39, 0.29) is 4.90 Å². The summed E-state index contributed by atoms with van der Waals surface area (Å²) < 4.78 is 26.7. The van der Waals surface area contributed by atoms with Gasteiger partial charge in [0.25, 0.3) is 0 Å². The van der Waals surface area contributed by atoms with Gasteiger partial charge in [-0.1, -0.05) is 18.2 Å². The topological polar surface area (TPSA) is 79.5 Å². The van der Waals surface area contributed by atoms with Crippen LogP contribution in [-0.4, -0.2) is 43.9 Å². The fourth-order valence-electron chi connectivity index (χ4n) is 2.55. The van der Waals surface area contributed by atoms with Gasteiger partial charge in [0.2, 0.25) is 10.0 Å². The SMILES string of the molecule is Nc1cncc(S(=O)(=O)N2CCN(c3ccccc3)CC2)c1. The summed E-state index contributed by atoms with van der Waals surface area (Å²) in [6, 6.07) is 11.5. The molecule has 0 saturated carbocycles. The average molecular weight is 318 g/mol. The summed E-state index contributed by atoms with van der Waals surface area (Å²) in [5, 5.41) is 0. The standard InChI is InChI=1S/C15H18N4O2S/c16-13-10-15(12-17-11-13)22(20,21)19-8-6-18(7-9-19)14-4-2-1-3-5-14/h1-5,10-12H,6-9,16H2. The molecule has 1 aliphatic heterocycles. The summed E-state index contributed by atoms with van der Waals surface area (Å²) in [6.07, 6.45) is 2.78. The minimum absolute atomic E-state index is 0.153. The van der Waals surface area contributed by atoms with E-state index < -0.39 is 10.0 Å². The number of anilines is 2. The highest BCUT2D eigenvalue weighted by molar-refractivity contribution is 7.89. The molecule has 116 valence electrons. The summed E-state index contributed by atoms with van der Waals surface area (Å²) in [7, 11) is -3.53. The molecule has 1 fully saturated rings. The van der Waals surface area contributed by atoms with Crippen molar-refractivity contribution in [2.45, 2.75) is 4.90 Å². The number of nitrogen functional groups attached to an aromatic ring is 1.